The summed E-state index contributed by atoms with van der Waals surface area (Å²) in [6.45, 7) is 0. The van der Waals surface area contributed by atoms with Crippen molar-refractivity contribution >= 4 is 57.3 Å². The standard InChI is InChI=1S/C12H6Cl3NO2S/c13-7-1-3-9(4-2-7)19(18)16-12-10(14)5-8(17)6-11(12)15/h1-6H. The smallest absolute Gasteiger partial charge is 0.181 e. The van der Waals surface area contributed by atoms with Crippen molar-refractivity contribution in [1.29, 1.82) is 0 Å². The van der Waals surface area contributed by atoms with Crippen LogP contribution >= 0.6 is 34.8 Å². The average Bonchev–Trinajstić information content (AvgIpc) is 2.34. The molecule has 1 aromatic rings. The van der Waals surface area contributed by atoms with Gasteiger partial charge in [-0.1, -0.05) is 34.8 Å². The van der Waals surface area contributed by atoms with Gasteiger partial charge in [0, 0.05) is 17.2 Å². The van der Waals surface area contributed by atoms with Gasteiger partial charge in [-0.3, -0.25) is 4.79 Å². The van der Waals surface area contributed by atoms with Gasteiger partial charge in [0.25, 0.3) is 0 Å². The molecule has 3 nitrogen and oxygen atoms in total. The Morgan fingerprint density at radius 3 is 2.00 bits per heavy atom. The van der Waals surface area contributed by atoms with Gasteiger partial charge >= 0.3 is 0 Å². The second kappa shape index (κ2) is 6.01. The summed E-state index contributed by atoms with van der Waals surface area (Å²) in [6.07, 6.45) is 2.34. The van der Waals surface area contributed by atoms with Crippen LogP contribution in [0.3, 0.4) is 0 Å². The minimum atomic E-state index is -1.67. The molecule has 98 valence electrons. The van der Waals surface area contributed by atoms with Gasteiger partial charge in [-0.15, -0.1) is 0 Å². The minimum absolute atomic E-state index is 0.0693. The Balaban J connectivity index is 2.33. The molecule has 1 aliphatic rings. The van der Waals surface area contributed by atoms with Gasteiger partial charge < -0.3 is 0 Å². The number of carbonyl (C=O) groups is 1. The fraction of sp³-hybridized carbons (Fsp3) is 0. The molecule has 1 atom stereocenters. The molecule has 0 aliphatic heterocycles. The molecule has 0 saturated heterocycles. The van der Waals surface area contributed by atoms with E-state index in [2.05, 4.69) is 4.40 Å². The van der Waals surface area contributed by atoms with Crippen LogP contribution < -0.4 is 0 Å². The highest BCUT2D eigenvalue weighted by Gasteiger charge is 2.18. The van der Waals surface area contributed by atoms with Crippen LogP contribution in [-0.2, 0) is 15.8 Å². The molecule has 0 aromatic heterocycles. The maximum Gasteiger partial charge on any atom is 0.181 e. The normalized spacial score (nSPS) is 16.8. The molecule has 0 fully saturated rings. The topological polar surface area (TPSA) is 46.5 Å². The van der Waals surface area contributed by atoms with Crippen LogP contribution in [0.25, 0.3) is 0 Å². The lowest BCUT2D eigenvalue weighted by Gasteiger charge is -2.07. The van der Waals surface area contributed by atoms with Gasteiger partial charge in [0.1, 0.15) is 5.71 Å². The Hall–Kier alpha value is -0.940. The van der Waals surface area contributed by atoms with Crippen molar-refractivity contribution in [3.8, 4) is 0 Å². The van der Waals surface area contributed by atoms with Gasteiger partial charge in [-0.2, -0.15) is 4.40 Å². The second-order valence-electron chi connectivity index (χ2n) is 3.53. The highest BCUT2D eigenvalue weighted by molar-refractivity contribution is 7.84. The first-order valence-corrected chi connectivity index (χ1v) is 7.26. The first-order chi connectivity index (χ1) is 8.97. The van der Waals surface area contributed by atoms with E-state index in [1.54, 1.807) is 24.3 Å². The van der Waals surface area contributed by atoms with Crippen molar-refractivity contribution in [3.63, 3.8) is 0 Å². The lowest BCUT2D eigenvalue weighted by atomic mass is 10.1. The first-order valence-electron chi connectivity index (χ1n) is 5.02. The summed E-state index contributed by atoms with van der Waals surface area (Å²) in [5, 5.41) is 0.673. The molecule has 19 heavy (non-hydrogen) atoms. The van der Waals surface area contributed by atoms with E-state index in [-0.39, 0.29) is 21.6 Å². The number of nitrogens with zero attached hydrogens (tertiary/aromatic N) is 1. The van der Waals surface area contributed by atoms with E-state index in [1.807, 2.05) is 0 Å². The van der Waals surface area contributed by atoms with Gasteiger partial charge in [0.05, 0.1) is 15.0 Å². The maximum atomic E-state index is 12.0. The van der Waals surface area contributed by atoms with Gasteiger partial charge in [-0.25, -0.2) is 4.21 Å². The Bertz CT molecular complexity index is 623. The van der Waals surface area contributed by atoms with Crippen molar-refractivity contribution in [2.75, 3.05) is 0 Å². The fourth-order valence-corrected chi connectivity index (χ4v) is 2.93. The van der Waals surface area contributed by atoms with Gasteiger partial charge in [0.15, 0.2) is 16.8 Å². The highest BCUT2D eigenvalue weighted by Crippen LogP contribution is 2.23. The molecule has 0 heterocycles. The van der Waals surface area contributed by atoms with E-state index in [4.69, 9.17) is 34.8 Å². The molecular formula is C12H6Cl3NO2S. The van der Waals surface area contributed by atoms with Crippen molar-refractivity contribution < 1.29 is 9.00 Å². The number of allylic oxidation sites excluding steroid dienone is 4. The predicted octanol–water partition coefficient (Wildman–Crippen LogP) is 3.63. The zero-order valence-electron chi connectivity index (χ0n) is 9.27. The summed E-state index contributed by atoms with van der Waals surface area (Å²) >= 11 is 17.5. The third-order valence-electron chi connectivity index (χ3n) is 2.18. The third-order valence-corrected chi connectivity index (χ3v) is 4.03. The quantitative estimate of drug-likeness (QED) is 0.775. The fourth-order valence-electron chi connectivity index (χ4n) is 1.32. The number of halogens is 3. The Morgan fingerprint density at radius 2 is 1.47 bits per heavy atom. The second-order valence-corrected chi connectivity index (χ2v) is 5.93. The lowest BCUT2D eigenvalue weighted by molar-refractivity contribution is -0.110. The summed E-state index contributed by atoms with van der Waals surface area (Å²) in [6, 6.07) is 6.39. The summed E-state index contributed by atoms with van der Waals surface area (Å²) in [4.78, 5) is 11.6. The average molecular weight is 335 g/mol. The molecule has 0 bridgehead atoms. The maximum absolute atomic E-state index is 12.0. The molecule has 1 unspecified atom stereocenters. The number of hydrogen-bond donors (Lipinski definition) is 0. The summed E-state index contributed by atoms with van der Waals surface area (Å²) in [7, 11) is -1.67. The van der Waals surface area contributed by atoms with Crippen LogP contribution in [0.1, 0.15) is 0 Å². The number of carbonyl (C=O) groups excluding carboxylic acids is 1. The third kappa shape index (κ3) is 3.54. The summed E-state index contributed by atoms with van der Waals surface area (Å²) in [5.41, 5.74) is 0.135. The molecule has 1 aliphatic carbocycles. The molecular weight excluding hydrogens is 329 g/mol. The molecule has 0 radical (unpaired) electrons. The van der Waals surface area contributed by atoms with E-state index < -0.39 is 11.0 Å². The molecule has 0 N–H and O–H groups in total. The van der Waals surface area contributed by atoms with E-state index in [9.17, 15) is 9.00 Å². The van der Waals surface area contributed by atoms with E-state index in [1.165, 1.54) is 12.2 Å². The zero-order chi connectivity index (χ0) is 14.0. The SMILES string of the molecule is O=C1C=C(Cl)C(=NS(=O)c2ccc(Cl)cc2)C(Cl)=C1. The van der Waals surface area contributed by atoms with Crippen LogP contribution in [-0.4, -0.2) is 15.7 Å². The minimum Gasteiger partial charge on any atom is -0.290 e. The Kier molecular flexibility index (Phi) is 4.58. The Morgan fingerprint density at radius 1 is 0.947 bits per heavy atom. The molecule has 0 amide bonds. The largest absolute Gasteiger partial charge is 0.290 e. The van der Waals surface area contributed by atoms with Gasteiger partial charge in [0.2, 0.25) is 0 Å². The van der Waals surface area contributed by atoms with Crippen LogP contribution in [0.15, 0.2) is 55.8 Å². The van der Waals surface area contributed by atoms with Crippen LogP contribution in [0.5, 0.6) is 0 Å². The van der Waals surface area contributed by atoms with Crippen LogP contribution in [0, 0.1) is 0 Å². The molecule has 1 aromatic carbocycles. The van der Waals surface area contributed by atoms with E-state index in [0.717, 1.165) is 0 Å². The molecule has 7 heteroatoms. The van der Waals surface area contributed by atoms with Gasteiger partial charge in [-0.05, 0) is 24.3 Å². The zero-order valence-corrected chi connectivity index (χ0v) is 12.4. The number of hydrogen-bond acceptors (Lipinski definition) is 2. The lowest BCUT2D eigenvalue weighted by Crippen LogP contribution is -2.09. The van der Waals surface area contributed by atoms with Crippen molar-refractivity contribution in [2.45, 2.75) is 4.90 Å². The first kappa shape index (κ1) is 14.5. The Labute approximate surface area is 127 Å². The van der Waals surface area contributed by atoms with Crippen molar-refractivity contribution in [2.24, 2.45) is 4.40 Å². The van der Waals surface area contributed by atoms with E-state index >= 15 is 0 Å². The monoisotopic (exact) mass is 333 g/mol. The summed E-state index contributed by atoms with van der Waals surface area (Å²) in [5.74, 6) is -0.328. The predicted molar refractivity (Wildman–Crippen MR) is 78.2 cm³/mol. The summed E-state index contributed by atoms with van der Waals surface area (Å²) < 4.78 is 15.9. The number of benzene rings is 1. The molecule has 0 spiro atoms. The van der Waals surface area contributed by atoms with Crippen molar-refractivity contribution in [1.82, 2.24) is 0 Å². The number of rotatable bonds is 2. The highest BCUT2D eigenvalue weighted by atomic mass is 35.5. The number of ketones is 1. The van der Waals surface area contributed by atoms with E-state index in [0.29, 0.717) is 9.92 Å². The van der Waals surface area contributed by atoms with Crippen LogP contribution in [0.2, 0.25) is 5.02 Å². The molecule has 0 saturated carbocycles. The van der Waals surface area contributed by atoms with Crippen LogP contribution in [0.4, 0.5) is 0 Å². The van der Waals surface area contributed by atoms with Crippen molar-refractivity contribution in [3.05, 3.63) is 51.5 Å². The molecule has 2 rings (SSSR count).